The van der Waals surface area contributed by atoms with Crippen molar-refractivity contribution in [2.75, 3.05) is 20.1 Å². The van der Waals surface area contributed by atoms with Crippen molar-refractivity contribution in [3.05, 3.63) is 12.2 Å². The van der Waals surface area contributed by atoms with Gasteiger partial charge in [0.15, 0.2) is 0 Å². The standard InChI is InChI=1S/C10H17NO2/c1-8(10(12)13)6-11(2)7-9-4-3-5-9/h9H,1,3-7H2,2H3,(H,12,13). The van der Waals surface area contributed by atoms with E-state index in [0.29, 0.717) is 6.54 Å². The molecule has 1 aliphatic rings. The van der Waals surface area contributed by atoms with Crippen molar-refractivity contribution in [2.24, 2.45) is 5.92 Å². The predicted octanol–water partition coefficient (Wildman–Crippen LogP) is 1.36. The average molecular weight is 183 g/mol. The molecule has 0 aromatic heterocycles. The number of carboxylic acid groups (broad SMARTS) is 1. The minimum absolute atomic E-state index is 0.279. The Morgan fingerprint density at radius 2 is 2.23 bits per heavy atom. The first kappa shape index (κ1) is 10.3. The van der Waals surface area contributed by atoms with Crippen molar-refractivity contribution in [3.8, 4) is 0 Å². The molecule has 3 nitrogen and oxygen atoms in total. The zero-order valence-corrected chi connectivity index (χ0v) is 8.12. The second-order valence-corrected chi connectivity index (χ2v) is 3.90. The van der Waals surface area contributed by atoms with E-state index in [-0.39, 0.29) is 5.57 Å². The first-order chi connectivity index (χ1) is 6.09. The number of rotatable bonds is 5. The largest absolute Gasteiger partial charge is 0.478 e. The van der Waals surface area contributed by atoms with Crippen LogP contribution in [0.5, 0.6) is 0 Å². The highest BCUT2D eigenvalue weighted by Crippen LogP contribution is 2.26. The summed E-state index contributed by atoms with van der Waals surface area (Å²) in [6.45, 7) is 4.99. The van der Waals surface area contributed by atoms with Gasteiger partial charge >= 0.3 is 5.97 Å². The molecule has 0 unspecified atom stereocenters. The van der Waals surface area contributed by atoms with Crippen LogP contribution in [0, 0.1) is 5.92 Å². The first-order valence-corrected chi connectivity index (χ1v) is 4.69. The number of carboxylic acids is 1. The molecule has 0 aliphatic heterocycles. The highest BCUT2D eigenvalue weighted by Gasteiger charge is 2.19. The van der Waals surface area contributed by atoms with Crippen LogP contribution in [0.3, 0.4) is 0 Å². The van der Waals surface area contributed by atoms with Crippen molar-refractivity contribution in [1.29, 1.82) is 0 Å². The van der Waals surface area contributed by atoms with Crippen LogP contribution in [0.2, 0.25) is 0 Å². The van der Waals surface area contributed by atoms with E-state index in [0.717, 1.165) is 12.5 Å². The van der Waals surface area contributed by atoms with Gasteiger partial charge in [-0.25, -0.2) is 4.79 Å². The number of nitrogens with zero attached hydrogens (tertiary/aromatic N) is 1. The Balaban J connectivity index is 2.19. The Morgan fingerprint density at radius 3 is 2.62 bits per heavy atom. The predicted molar refractivity (Wildman–Crippen MR) is 51.6 cm³/mol. The Bertz CT molecular complexity index is 209. The molecule has 0 radical (unpaired) electrons. The van der Waals surface area contributed by atoms with Crippen LogP contribution in [0.4, 0.5) is 0 Å². The van der Waals surface area contributed by atoms with E-state index in [4.69, 9.17) is 5.11 Å². The molecule has 1 saturated carbocycles. The third-order valence-corrected chi connectivity index (χ3v) is 2.56. The molecule has 74 valence electrons. The molecular formula is C10H17NO2. The monoisotopic (exact) mass is 183 g/mol. The summed E-state index contributed by atoms with van der Waals surface area (Å²) in [6.07, 6.45) is 3.92. The van der Waals surface area contributed by atoms with Crippen molar-refractivity contribution in [3.63, 3.8) is 0 Å². The van der Waals surface area contributed by atoms with E-state index in [2.05, 4.69) is 6.58 Å². The van der Waals surface area contributed by atoms with Gasteiger partial charge in [-0.2, -0.15) is 0 Å². The van der Waals surface area contributed by atoms with Gasteiger partial charge in [-0.3, -0.25) is 0 Å². The molecule has 0 saturated heterocycles. The zero-order chi connectivity index (χ0) is 9.84. The summed E-state index contributed by atoms with van der Waals surface area (Å²) in [5.41, 5.74) is 0.279. The number of hydrogen-bond acceptors (Lipinski definition) is 2. The van der Waals surface area contributed by atoms with Crippen LogP contribution in [0.25, 0.3) is 0 Å². The fourth-order valence-corrected chi connectivity index (χ4v) is 1.57. The summed E-state index contributed by atoms with van der Waals surface area (Å²) in [4.78, 5) is 12.5. The Hall–Kier alpha value is -0.830. The maximum absolute atomic E-state index is 10.5. The summed E-state index contributed by atoms with van der Waals surface area (Å²) in [5.74, 6) is -0.105. The average Bonchev–Trinajstić information content (AvgIpc) is 1.96. The van der Waals surface area contributed by atoms with Crippen molar-refractivity contribution >= 4 is 5.97 Å². The van der Waals surface area contributed by atoms with E-state index in [9.17, 15) is 4.79 Å². The molecule has 0 heterocycles. The Kier molecular flexibility index (Phi) is 3.48. The highest BCUT2D eigenvalue weighted by molar-refractivity contribution is 5.86. The van der Waals surface area contributed by atoms with Gasteiger partial charge in [-0.05, 0) is 25.8 Å². The van der Waals surface area contributed by atoms with Crippen LogP contribution >= 0.6 is 0 Å². The van der Waals surface area contributed by atoms with Gasteiger partial charge in [-0.15, -0.1) is 0 Å². The fraction of sp³-hybridized carbons (Fsp3) is 0.700. The van der Waals surface area contributed by atoms with Crippen LogP contribution in [-0.2, 0) is 4.79 Å². The quantitative estimate of drug-likeness (QED) is 0.654. The van der Waals surface area contributed by atoms with E-state index < -0.39 is 5.97 Å². The first-order valence-electron chi connectivity index (χ1n) is 4.69. The molecule has 1 rings (SSSR count). The molecule has 0 spiro atoms. The maximum atomic E-state index is 10.5. The molecule has 1 fully saturated rings. The van der Waals surface area contributed by atoms with Gasteiger partial charge in [-0.1, -0.05) is 13.0 Å². The van der Waals surface area contributed by atoms with Gasteiger partial charge in [0.1, 0.15) is 0 Å². The number of hydrogen-bond donors (Lipinski definition) is 1. The Labute approximate surface area is 79.0 Å². The van der Waals surface area contributed by atoms with E-state index in [1.807, 2.05) is 11.9 Å². The van der Waals surface area contributed by atoms with Crippen molar-refractivity contribution in [1.82, 2.24) is 4.90 Å². The lowest BCUT2D eigenvalue weighted by atomic mass is 9.85. The third-order valence-electron chi connectivity index (χ3n) is 2.56. The second-order valence-electron chi connectivity index (χ2n) is 3.90. The lowest BCUT2D eigenvalue weighted by Crippen LogP contribution is -2.31. The number of aliphatic carboxylic acids is 1. The number of carbonyl (C=O) groups is 1. The zero-order valence-electron chi connectivity index (χ0n) is 8.12. The van der Waals surface area contributed by atoms with Gasteiger partial charge in [0.05, 0.1) is 0 Å². The van der Waals surface area contributed by atoms with E-state index >= 15 is 0 Å². The summed E-state index contributed by atoms with van der Waals surface area (Å²) in [5, 5.41) is 8.61. The lowest BCUT2D eigenvalue weighted by molar-refractivity contribution is -0.132. The summed E-state index contributed by atoms with van der Waals surface area (Å²) in [6, 6.07) is 0. The molecule has 0 atom stereocenters. The lowest BCUT2D eigenvalue weighted by Gasteiger charge is -2.30. The second kappa shape index (κ2) is 4.42. The Morgan fingerprint density at radius 1 is 1.62 bits per heavy atom. The van der Waals surface area contributed by atoms with Crippen LogP contribution in [0.15, 0.2) is 12.2 Å². The SMILES string of the molecule is C=C(CN(C)CC1CCC1)C(=O)O. The molecule has 13 heavy (non-hydrogen) atoms. The normalized spacial score (nSPS) is 17.1. The van der Waals surface area contributed by atoms with Gasteiger partial charge < -0.3 is 10.0 Å². The minimum Gasteiger partial charge on any atom is -0.478 e. The van der Waals surface area contributed by atoms with E-state index in [1.54, 1.807) is 0 Å². The summed E-state index contributed by atoms with van der Waals surface area (Å²) in [7, 11) is 1.95. The molecule has 1 aliphatic carbocycles. The van der Waals surface area contributed by atoms with Gasteiger partial charge in [0, 0.05) is 18.7 Å². The molecule has 0 aromatic carbocycles. The molecule has 0 aromatic rings. The fourth-order valence-electron chi connectivity index (χ4n) is 1.57. The van der Waals surface area contributed by atoms with Crippen LogP contribution in [-0.4, -0.2) is 36.1 Å². The maximum Gasteiger partial charge on any atom is 0.332 e. The van der Waals surface area contributed by atoms with Crippen LogP contribution in [0.1, 0.15) is 19.3 Å². The third kappa shape index (κ3) is 3.19. The van der Waals surface area contributed by atoms with Gasteiger partial charge in [0.2, 0.25) is 0 Å². The topological polar surface area (TPSA) is 40.5 Å². The van der Waals surface area contributed by atoms with Crippen LogP contribution < -0.4 is 0 Å². The smallest absolute Gasteiger partial charge is 0.332 e. The molecule has 3 heteroatoms. The van der Waals surface area contributed by atoms with Gasteiger partial charge in [0.25, 0.3) is 0 Å². The minimum atomic E-state index is -0.888. The molecule has 0 bridgehead atoms. The summed E-state index contributed by atoms with van der Waals surface area (Å²) >= 11 is 0. The molecule has 0 amide bonds. The van der Waals surface area contributed by atoms with E-state index in [1.165, 1.54) is 19.3 Å². The number of likely N-dealkylation sites (N-methyl/N-ethyl adjacent to an activating group) is 1. The van der Waals surface area contributed by atoms with Crippen molar-refractivity contribution < 1.29 is 9.90 Å². The highest BCUT2D eigenvalue weighted by atomic mass is 16.4. The summed E-state index contributed by atoms with van der Waals surface area (Å²) < 4.78 is 0. The van der Waals surface area contributed by atoms with Crippen molar-refractivity contribution in [2.45, 2.75) is 19.3 Å². The molecular weight excluding hydrogens is 166 g/mol. The molecule has 1 N–H and O–H groups in total.